The molecule has 0 radical (unpaired) electrons. The van der Waals surface area contributed by atoms with Crippen molar-refractivity contribution in [1.29, 1.82) is 0 Å². The molecule has 0 bridgehead atoms. The number of aliphatic carboxylic acids is 1. The van der Waals surface area contributed by atoms with Crippen molar-refractivity contribution in [2.24, 2.45) is 0 Å². The van der Waals surface area contributed by atoms with Crippen molar-refractivity contribution in [3.05, 3.63) is 28.0 Å². The summed E-state index contributed by atoms with van der Waals surface area (Å²) in [5, 5.41) is 15.3. The number of likely N-dealkylation sites (N-methyl/N-ethyl adjacent to an activating group) is 1. The summed E-state index contributed by atoms with van der Waals surface area (Å²) in [7, 11) is 0. The quantitative estimate of drug-likeness (QED) is 0.685. The lowest BCUT2D eigenvalue weighted by atomic mass is 10.2. The van der Waals surface area contributed by atoms with Gasteiger partial charge in [-0.3, -0.25) is 9.59 Å². The second-order valence-electron chi connectivity index (χ2n) is 4.00. The number of hydrogen-bond acceptors (Lipinski definition) is 4. The molecule has 2 amide bonds. The number of carboxylic acid groups (broad SMARTS) is 1. The van der Waals surface area contributed by atoms with E-state index in [9.17, 15) is 14.4 Å². The van der Waals surface area contributed by atoms with E-state index < -0.39 is 12.0 Å². The summed E-state index contributed by atoms with van der Waals surface area (Å²) in [6, 6.07) is 0.949. The lowest BCUT2D eigenvalue weighted by Gasteiger charge is -2.12. The van der Waals surface area contributed by atoms with E-state index in [1.807, 2.05) is 0 Å². The monoisotopic (exact) mass is 296 g/mol. The van der Waals surface area contributed by atoms with Crippen LogP contribution in [0.2, 0.25) is 0 Å². The van der Waals surface area contributed by atoms with Gasteiger partial charge in [-0.05, 0) is 26.0 Å². The van der Waals surface area contributed by atoms with Crippen molar-refractivity contribution in [3.8, 4) is 0 Å². The van der Waals surface area contributed by atoms with Gasteiger partial charge in [0.05, 0.1) is 5.56 Å². The third-order valence-electron chi connectivity index (χ3n) is 2.36. The third kappa shape index (κ3) is 4.85. The Morgan fingerprint density at radius 2 is 2.15 bits per heavy atom. The molecule has 108 valence electrons. The highest BCUT2D eigenvalue weighted by molar-refractivity contribution is 7.11. The molecule has 0 spiro atoms. The molecule has 0 aliphatic carbocycles. The highest BCUT2D eigenvalue weighted by Crippen LogP contribution is 2.16. The first kappa shape index (κ1) is 15.9. The highest BCUT2D eigenvalue weighted by atomic mass is 32.1. The Hall–Kier alpha value is -2.15. The van der Waals surface area contributed by atoms with Gasteiger partial charge in [0.15, 0.2) is 0 Å². The molecule has 0 saturated heterocycles. The topological polar surface area (TPSA) is 95.5 Å². The Kier molecular flexibility index (Phi) is 5.92. The SMILES string of the molecule is CCNC(=O)C(C)NC(=O)c1csc(C=CC(=O)O)c1. The zero-order chi connectivity index (χ0) is 15.1. The van der Waals surface area contributed by atoms with Crippen LogP contribution in [0.5, 0.6) is 0 Å². The van der Waals surface area contributed by atoms with Crippen LogP contribution in [0.3, 0.4) is 0 Å². The molecule has 1 atom stereocenters. The smallest absolute Gasteiger partial charge is 0.328 e. The fraction of sp³-hybridized carbons (Fsp3) is 0.308. The summed E-state index contributed by atoms with van der Waals surface area (Å²) in [6.45, 7) is 3.90. The van der Waals surface area contributed by atoms with Crippen molar-refractivity contribution in [2.45, 2.75) is 19.9 Å². The summed E-state index contributed by atoms with van der Waals surface area (Å²) >= 11 is 1.25. The minimum absolute atomic E-state index is 0.248. The van der Waals surface area contributed by atoms with Crippen LogP contribution < -0.4 is 10.6 Å². The molecule has 0 saturated carbocycles. The first-order chi connectivity index (χ1) is 9.43. The Bertz CT molecular complexity index is 536. The maximum absolute atomic E-state index is 11.9. The van der Waals surface area contributed by atoms with Crippen molar-refractivity contribution < 1.29 is 19.5 Å². The Labute approximate surface area is 120 Å². The second kappa shape index (κ2) is 7.44. The molecule has 3 N–H and O–H groups in total. The van der Waals surface area contributed by atoms with Crippen molar-refractivity contribution in [1.82, 2.24) is 10.6 Å². The first-order valence-corrected chi connectivity index (χ1v) is 6.90. The number of carboxylic acids is 1. The molecule has 1 unspecified atom stereocenters. The average molecular weight is 296 g/mol. The van der Waals surface area contributed by atoms with Gasteiger partial charge in [-0.1, -0.05) is 0 Å². The largest absolute Gasteiger partial charge is 0.478 e. The van der Waals surface area contributed by atoms with Crippen LogP contribution in [-0.2, 0) is 9.59 Å². The van der Waals surface area contributed by atoms with E-state index in [0.717, 1.165) is 6.08 Å². The summed E-state index contributed by atoms with van der Waals surface area (Å²) in [5.74, 6) is -1.66. The van der Waals surface area contributed by atoms with Crippen LogP contribution in [0.1, 0.15) is 29.1 Å². The standard InChI is InChI=1S/C13H16N2O4S/c1-3-14-12(18)8(2)15-13(19)9-6-10(20-7-9)4-5-11(16)17/h4-8H,3H2,1-2H3,(H,14,18)(H,15,19)(H,16,17). The molecule has 0 aromatic carbocycles. The van der Waals surface area contributed by atoms with Gasteiger partial charge in [0, 0.05) is 22.9 Å². The van der Waals surface area contributed by atoms with E-state index in [0.29, 0.717) is 17.0 Å². The maximum atomic E-state index is 11.9. The number of thiophene rings is 1. The average Bonchev–Trinajstić information content (AvgIpc) is 2.85. The van der Waals surface area contributed by atoms with E-state index in [2.05, 4.69) is 10.6 Å². The normalized spacial score (nSPS) is 12.1. The summed E-state index contributed by atoms with van der Waals surface area (Å²) in [4.78, 5) is 34.4. The van der Waals surface area contributed by atoms with Gasteiger partial charge in [-0.15, -0.1) is 11.3 Å². The van der Waals surface area contributed by atoms with Crippen LogP contribution in [0.25, 0.3) is 6.08 Å². The molecule has 0 aliphatic rings. The van der Waals surface area contributed by atoms with Crippen LogP contribution in [-0.4, -0.2) is 35.5 Å². The Morgan fingerprint density at radius 3 is 2.75 bits per heavy atom. The lowest BCUT2D eigenvalue weighted by molar-refractivity contribution is -0.131. The van der Waals surface area contributed by atoms with Crippen LogP contribution in [0, 0.1) is 0 Å². The number of carbonyl (C=O) groups excluding carboxylic acids is 2. The fourth-order valence-corrected chi connectivity index (χ4v) is 2.17. The molecule has 0 fully saturated rings. The number of hydrogen-bond donors (Lipinski definition) is 3. The molecule has 1 rings (SSSR count). The zero-order valence-electron chi connectivity index (χ0n) is 11.2. The predicted molar refractivity (Wildman–Crippen MR) is 76.6 cm³/mol. The van der Waals surface area contributed by atoms with Crippen molar-refractivity contribution in [3.63, 3.8) is 0 Å². The van der Waals surface area contributed by atoms with Gasteiger partial charge < -0.3 is 15.7 Å². The molecule has 6 nitrogen and oxygen atoms in total. The highest BCUT2D eigenvalue weighted by Gasteiger charge is 2.16. The summed E-state index contributed by atoms with van der Waals surface area (Å²) < 4.78 is 0. The number of carbonyl (C=O) groups is 3. The van der Waals surface area contributed by atoms with Gasteiger partial charge in [0.25, 0.3) is 5.91 Å². The molecule has 1 aromatic rings. The van der Waals surface area contributed by atoms with Crippen LogP contribution >= 0.6 is 11.3 Å². The molecule has 20 heavy (non-hydrogen) atoms. The minimum atomic E-state index is -1.05. The molecule has 1 heterocycles. The van der Waals surface area contributed by atoms with E-state index in [1.165, 1.54) is 17.4 Å². The minimum Gasteiger partial charge on any atom is -0.478 e. The first-order valence-electron chi connectivity index (χ1n) is 6.02. The zero-order valence-corrected chi connectivity index (χ0v) is 12.0. The molecule has 7 heteroatoms. The molecule has 1 aromatic heterocycles. The number of amides is 2. The molecular formula is C13H16N2O4S. The number of nitrogens with one attached hydrogen (secondary N) is 2. The maximum Gasteiger partial charge on any atom is 0.328 e. The lowest BCUT2D eigenvalue weighted by Crippen LogP contribution is -2.44. The van der Waals surface area contributed by atoms with Gasteiger partial charge in [0.1, 0.15) is 6.04 Å². The van der Waals surface area contributed by atoms with Gasteiger partial charge in [0.2, 0.25) is 5.91 Å². The van der Waals surface area contributed by atoms with E-state index in [1.54, 1.807) is 25.3 Å². The number of rotatable bonds is 6. The molecule has 0 aliphatic heterocycles. The third-order valence-corrected chi connectivity index (χ3v) is 3.26. The van der Waals surface area contributed by atoms with Crippen LogP contribution in [0.15, 0.2) is 17.5 Å². The summed E-state index contributed by atoms with van der Waals surface area (Å²) in [6.07, 6.45) is 2.42. The Balaban J connectivity index is 2.64. The van der Waals surface area contributed by atoms with Gasteiger partial charge >= 0.3 is 5.97 Å². The van der Waals surface area contributed by atoms with E-state index >= 15 is 0 Å². The predicted octanol–water partition coefficient (Wildman–Crippen LogP) is 1.10. The Morgan fingerprint density at radius 1 is 1.45 bits per heavy atom. The summed E-state index contributed by atoms with van der Waals surface area (Å²) in [5.41, 5.74) is 0.399. The van der Waals surface area contributed by atoms with E-state index in [4.69, 9.17) is 5.11 Å². The van der Waals surface area contributed by atoms with Crippen molar-refractivity contribution >= 4 is 35.2 Å². The molecular weight excluding hydrogens is 280 g/mol. The van der Waals surface area contributed by atoms with Crippen molar-refractivity contribution in [2.75, 3.05) is 6.54 Å². The van der Waals surface area contributed by atoms with Crippen LogP contribution in [0.4, 0.5) is 0 Å². The second-order valence-corrected chi connectivity index (χ2v) is 4.94. The van der Waals surface area contributed by atoms with E-state index in [-0.39, 0.29) is 11.8 Å². The van der Waals surface area contributed by atoms with Gasteiger partial charge in [-0.25, -0.2) is 4.79 Å². The fourth-order valence-electron chi connectivity index (χ4n) is 1.39. The van der Waals surface area contributed by atoms with Gasteiger partial charge in [-0.2, -0.15) is 0 Å².